The van der Waals surface area contributed by atoms with Gasteiger partial charge in [0.05, 0.1) is 0 Å². The maximum atomic E-state index is 12.9. The second-order valence-electron chi connectivity index (χ2n) is 18.9. The van der Waals surface area contributed by atoms with Crippen molar-refractivity contribution in [3.05, 3.63) is 60.3 Å². The van der Waals surface area contributed by atoms with Gasteiger partial charge in [0.1, 0.15) is 6.10 Å². The first-order chi connectivity index (χ1) is 25.6. The van der Waals surface area contributed by atoms with Crippen molar-refractivity contribution in [2.75, 3.05) is 0 Å². The third-order valence-corrected chi connectivity index (χ3v) is 15.1. The average Bonchev–Trinajstić information content (AvgIpc) is 3.50. The summed E-state index contributed by atoms with van der Waals surface area (Å²) in [4.78, 5) is 12.9. The Hall–Kier alpha value is -1.83. The second kappa shape index (κ2) is 22.7. The van der Waals surface area contributed by atoms with E-state index < -0.39 is 0 Å². The van der Waals surface area contributed by atoms with Crippen molar-refractivity contribution >= 4 is 5.97 Å². The summed E-state index contributed by atoms with van der Waals surface area (Å²) in [6.07, 6.45) is 49.4. The Labute approximate surface area is 329 Å². The molecule has 0 spiro atoms. The summed E-state index contributed by atoms with van der Waals surface area (Å²) in [5.41, 5.74) is 2.43. The molecule has 0 saturated heterocycles. The maximum absolute atomic E-state index is 12.9. The number of carbonyl (C=O) groups is 1. The predicted molar refractivity (Wildman–Crippen MR) is 230 cm³/mol. The van der Waals surface area contributed by atoms with Gasteiger partial charge in [-0.2, -0.15) is 0 Å². The zero-order valence-electron chi connectivity index (χ0n) is 35.9. The summed E-state index contributed by atoms with van der Waals surface area (Å²) in [7, 11) is 0. The number of fused-ring (bicyclic) bond motifs is 5. The van der Waals surface area contributed by atoms with Gasteiger partial charge in [0.2, 0.25) is 0 Å². The molecule has 0 aromatic rings. The van der Waals surface area contributed by atoms with Crippen LogP contribution in [0.5, 0.6) is 0 Å². The van der Waals surface area contributed by atoms with Crippen molar-refractivity contribution < 1.29 is 9.53 Å². The number of allylic oxidation sites excluding steroid dienone is 9. The molecule has 0 heterocycles. The van der Waals surface area contributed by atoms with Crippen LogP contribution in [-0.2, 0) is 9.53 Å². The molecule has 4 aliphatic carbocycles. The Kier molecular flexibility index (Phi) is 18.8. The van der Waals surface area contributed by atoms with Gasteiger partial charge in [-0.3, -0.25) is 4.79 Å². The number of unbranched alkanes of at least 4 members (excludes halogenated alkanes) is 9. The van der Waals surface area contributed by atoms with Crippen LogP contribution in [0.25, 0.3) is 0 Å². The lowest BCUT2D eigenvalue weighted by molar-refractivity contribution is -0.151. The van der Waals surface area contributed by atoms with Crippen LogP contribution >= 0.6 is 0 Å². The van der Waals surface area contributed by atoms with Gasteiger partial charge in [0, 0.05) is 12.8 Å². The zero-order chi connectivity index (χ0) is 38.1. The molecule has 53 heavy (non-hydrogen) atoms. The molecule has 4 aliphatic rings. The number of rotatable bonds is 23. The predicted octanol–water partition coefficient (Wildman–Crippen LogP) is 15.5. The largest absolute Gasteiger partial charge is 0.462 e. The van der Waals surface area contributed by atoms with Crippen LogP contribution in [0, 0.1) is 52.3 Å². The van der Waals surface area contributed by atoms with E-state index in [0.717, 1.165) is 74.5 Å². The minimum atomic E-state index is 0.0503. The van der Waals surface area contributed by atoms with Crippen LogP contribution in [-0.4, -0.2) is 12.1 Å². The number of carbonyl (C=O) groups excluding carboxylic acids is 1. The average molecular weight is 729 g/mol. The molecule has 0 bridgehead atoms. The molecule has 4 rings (SSSR count). The molecule has 0 radical (unpaired) electrons. The smallest absolute Gasteiger partial charge is 0.306 e. The quantitative estimate of drug-likeness (QED) is 0.0595. The normalized spacial score (nSPS) is 31.3. The second-order valence-corrected chi connectivity index (χ2v) is 18.9. The fourth-order valence-corrected chi connectivity index (χ4v) is 11.8. The van der Waals surface area contributed by atoms with Gasteiger partial charge >= 0.3 is 5.97 Å². The van der Waals surface area contributed by atoms with Crippen LogP contribution in [0.3, 0.4) is 0 Å². The molecule has 0 aromatic heterocycles. The molecule has 2 nitrogen and oxygen atoms in total. The zero-order valence-corrected chi connectivity index (χ0v) is 35.9. The van der Waals surface area contributed by atoms with Crippen molar-refractivity contribution in [1.29, 1.82) is 0 Å². The van der Waals surface area contributed by atoms with Crippen molar-refractivity contribution in [1.82, 2.24) is 0 Å². The molecule has 0 aromatic carbocycles. The molecule has 9 atom stereocenters. The number of esters is 1. The van der Waals surface area contributed by atoms with E-state index in [1.807, 2.05) is 0 Å². The van der Waals surface area contributed by atoms with E-state index in [1.54, 1.807) is 5.57 Å². The Morgan fingerprint density at radius 1 is 0.774 bits per heavy atom. The molecule has 0 amide bonds. The Morgan fingerprint density at radius 2 is 1.43 bits per heavy atom. The highest BCUT2D eigenvalue weighted by Crippen LogP contribution is 2.67. The van der Waals surface area contributed by atoms with Crippen molar-refractivity contribution in [3.63, 3.8) is 0 Å². The van der Waals surface area contributed by atoms with E-state index in [2.05, 4.69) is 103 Å². The van der Waals surface area contributed by atoms with Gasteiger partial charge in [-0.1, -0.05) is 154 Å². The fraction of sp³-hybridized carbons (Fsp3) is 0.784. The van der Waals surface area contributed by atoms with Gasteiger partial charge in [-0.15, -0.1) is 0 Å². The molecule has 300 valence electrons. The monoisotopic (exact) mass is 729 g/mol. The van der Waals surface area contributed by atoms with E-state index in [0.29, 0.717) is 29.1 Å². The highest BCUT2D eigenvalue weighted by molar-refractivity contribution is 5.69. The first-order valence-corrected chi connectivity index (χ1v) is 23.2. The van der Waals surface area contributed by atoms with Gasteiger partial charge in [0.25, 0.3) is 0 Å². The maximum Gasteiger partial charge on any atom is 0.306 e. The van der Waals surface area contributed by atoms with Crippen molar-refractivity contribution in [2.24, 2.45) is 52.3 Å². The number of hydrogen-bond donors (Lipinski definition) is 0. The molecule has 2 heteroatoms. The SMILES string of the molecule is CC/C=C\C/C=C\C/C=C\CCCCCCCCCCCC(=O)O[C@H]1CC[C@@]2(C)C(=CC[C@H]3[C@@H]4CC[C@H]([C@H](C)/C=C/[C@@H](CC)C(C)C)[C@@]4(C)CC[C@@H]32)C1. The lowest BCUT2D eigenvalue weighted by atomic mass is 9.47. The van der Waals surface area contributed by atoms with E-state index in [4.69, 9.17) is 4.74 Å². The Morgan fingerprint density at radius 3 is 2.11 bits per heavy atom. The van der Waals surface area contributed by atoms with Crippen LogP contribution in [0.4, 0.5) is 0 Å². The Balaban J connectivity index is 1.08. The van der Waals surface area contributed by atoms with Crippen molar-refractivity contribution in [3.8, 4) is 0 Å². The standard InChI is InChI=1S/C51H84O2/c1-8-10-11-12-13-14-15-16-17-18-19-20-21-22-23-24-25-26-27-28-49(52)53-44-35-37-50(6)43(39-44)31-32-45-47-34-33-46(51(47,7)38-36-48(45)50)41(5)29-30-42(9-2)40(3)4/h10-11,13-14,16-17,29-31,40-42,44-48H,8-9,12,15,18-28,32-39H2,1-7H3/b11-10-,14-13-,17-16-,30-29+/t41-,42-,44+,45+,46-,47+,48+,50+,51-/m1/s1. The van der Waals surface area contributed by atoms with Gasteiger partial charge in [-0.05, 0) is 142 Å². The minimum Gasteiger partial charge on any atom is -0.462 e. The van der Waals surface area contributed by atoms with Crippen LogP contribution in [0.15, 0.2) is 60.3 Å². The van der Waals surface area contributed by atoms with E-state index in [1.165, 1.54) is 96.3 Å². The molecular weight excluding hydrogens is 645 g/mol. The van der Waals surface area contributed by atoms with Crippen molar-refractivity contribution in [2.45, 2.75) is 202 Å². The summed E-state index contributed by atoms with van der Waals surface area (Å²) in [5.74, 6) is 5.52. The molecule has 0 unspecified atom stereocenters. The van der Waals surface area contributed by atoms with E-state index in [-0.39, 0.29) is 12.1 Å². The summed E-state index contributed by atoms with van der Waals surface area (Å²) < 4.78 is 6.15. The van der Waals surface area contributed by atoms with Crippen LogP contribution < -0.4 is 0 Å². The fourth-order valence-electron chi connectivity index (χ4n) is 11.8. The minimum absolute atomic E-state index is 0.0503. The topological polar surface area (TPSA) is 26.3 Å². The molecule has 3 fully saturated rings. The lowest BCUT2D eigenvalue weighted by Crippen LogP contribution is -2.51. The van der Waals surface area contributed by atoms with E-state index in [9.17, 15) is 4.79 Å². The van der Waals surface area contributed by atoms with Gasteiger partial charge in [-0.25, -0.2) is 0 Å². The first kappa shape index (κ1) is 43.9. The van der Waals surface area contributed by atoms with Crippen LogP contribution in [0.1, 0.15) is 196 Å². The highest BCUT2D eigenvalue weighted by Gasteiger charge is 2.59. The highest BCUT2D eigenvalue weighted by atomic mass is 16.5. The third-order valence-electron chi connectivity index (χ3n) is 15.1. The summed E-state index contributed by atoms with van der Waals surface area (Å²) >= 11 is 0. The van der Waals surface area contributed by atoms with Crippen LogP contribution in [0.2, 0.25) is 0 Å². The number of hydrogen-bond acceptors (Lipinski definition) is 2. The number of ether oxygens (including phenoxy) is 1. The summed E-state index contributed by atoms with van der Waals surface area (Å²) in [6, 6.07) is 0. The summed E-state index contributed by atoms with van der Waals surface area (Å²) in [6.45, 7) is 17.1. The molecule has 0 N–H and O–H groups in total. The first-order valence-electron chi connectivity index (χ1n) is 23.2. The summed E-state index contributed by atoms with van der Waals surface area (Å²) in [5, 5.41) is 0. The lowest BCUT2D eigenvalue weighted by Gasteiger charge is -2.58. The van der Waals surface area contributed by atoms with Gasteiger partial charge < -0.3 is 4.74 Å². The van der Waals surface area contributed by atoms with Gasteiger partial charge in [0.15, 0.2) is 0 Å². The molecule has 0 aliphatic heterocycles. The molecular formula is C51H84O2. The Bertz CT molecular complexity index is 1220. The molecule has 3 saturated carbocycles. The third kappa shape index (κ3) is 12.6. The van der Waals surface area contributed by atoms with E-state index >= 15 is 0 Å².